The lowest BCUT2D eigenvalue weighted by molar-refractivity contribution is -0.121. The highest BCUT2D eigenvalue weighted by Gasteiger charge is 2.33. The molecule has 0 fully saturated rings. The molecule has 0 unspecified atom stereocenters. The Morgan fingerprint density at radius 2 is 1.96 bits per heavy atom. The average molecular weight is 393 g/mol. The summed E-state index contributed by atoms with van der Waals surface area (Å²) in [5.74, 6) is 1.02. The van der Waals surface area contributed by atoms with Crippen LogP contribution in [0.4, 0.5) is 0 Å². The quantitative estimate of drug-likeness (QED) is 0.741. The van der Waals surface area contributed by atoms with Crippen molar-refractivity contribution in [2.24, 2.45) is 0 Å². The fourth-order valence-corrected chi connectivity index (χ4v) is 4.44. The number of carbonyl (C=O) groups excluding carboxylic acids is 1. The summed E-state index contributed by atoms with van der Waals surface area (Å²) in [6.07, 6.45) is 3.43. The van der Waals surface area contributed by atoms with Gasteiger partial charge in [-0.1, -0.05) is 13.3 Å². The molecule has 0 radical (unpaired) electrons. The molecule has 0 saturated carbocycles. The van der Waals surface area contributed by atoms with E-state index in [1.165, 1.54) is 18.4 Å². The van der Waals surface area contributed by atoms with Gasteiger partial charge in [-0.25, -0.2) is 8.42 Å². The van der Waals surface area contributed by atoms with Crippen LogP contribution in [0.5, 0.6) is 11.5 Å². The Hall–Kier alpha value is -2.48. The minimum absolute atomic E-state index is 0.0627. The van der Waals surface area contributed by atoms with Gasteiger partial charge in [-0.15, -0.1) is 0 Å². The average Bonchev–Trinajstić information content (AvgIpc) is 3.20. The first-order valence-corrected chi connectivity index (χ1v) is 10.5. The number of nitrogens with one attached hydrogen (secondary N) is 1. The van der Waals surface area contributed by atoms with Crippen LogP contribution in [0.3, 0.4) is 0 Å². The van der Waals surface area contributed by atoms with Gasteiger partial charge in [0.05, 0.1) is 11.2 Å². The van der Waals surface area contributed by atoms with Crippen molar-refractivity contribution in [3.63, 3.8) is 0 Å². The molecule has 0 spiro atoms. The van der Waals surface area contributed by atoms with Crippen molar-refractivity contribution >= 4 is 15.7 Å². The van der Waals surface area contributed by atoms with Gasteiger partial charge in [-0.3, -0.25) is 4.79 Å². The second-order valence-electron chi connectivity index (χ2n) is 6.26. The lowest BCUT2D eigenvalue weighted by atomic mass is 10.2. The normalized spacial score (nSPS) is 14.6. The van der Waals surface area contributed by atoms with E-state index >= 15 is 0 Å². The summed E-state index contributed by atoms with van der Waals surface area (Å²) in [7, 11) is -3.82. The molecule has 1 amide bonds. The van der Waals surface area contributed by atoms with E-state index in [4.69, 9.17) is 13.9 Å². The summed E-state index contributed by atoms with van der Waals surface area (Å²) >= 11 is 0. The lowest BCUT2D eigenvalue weighted by Crippen LogP contribution is -2.31. The van der Waals surface area contributed by atoms with Crippen LogP contribution in [0.25, 0.3) is 0 Å². The minimum atomic E-state index is -3.82. The smallest absolute Gasteiger partial charge is 0.220 e. The Labute approximate surface area is 158 Å². The molecule has 2 aromatic rings. The predicted molar refractivity (Wildman–Crippen MR) is 98.6 cm³/mol. The number of ether oxygens (including phenoxy) is 2. The van der Waals surface area contributed by atoms with E-state index in [1.807, 2.05) is 6.92 Å². The maximum Gasteiger partial charge on any atom is 0.220 e. The van der Waals surface area contributed by atoms with Gasteiger partial charge in [-0.05, 0) is 30.7 Å². The van der Waals surface area contributed by atoms with Crippen molar-refractivity contribution in [3.8, 4) is 11.5 Å². The molecule has 27 heavy (non-hydrogen) atoms. The molecular formula is C19H23NO6S. The zero-order chi connectivity index (χ0) is 19.3. The Bertz CT molecular complexity index is 876. The van der Waals surface area contributed by atoms with Gasteiger partial charge >= 0.3 is 0 Å². The molecule has 7 nitrogen and oxygen atoms in total. The molecule has 3 rings (SSSR count). The summed E-state index contributed by atoms with van der Waals surface area (Å²) in [6.45, 7) is 2.72. The Kier molecular flexibility index (Phi) is 6.05. The topological polar surface area (TPSA) is 94.8 Å². The van der Waals surface area contributed by atoms with E-state index in [1.54, 1.807) is 18.2 Å². The molecule has 0 saturated heterocycles. The Balaban J connectivity index is 1.85. The number of unbranched alkanes of at least 4 members (excludes halogenated alkanes) is 1. The highest BCUT2D eigenvalue weighted by atomic mass is 32.2. The van der Waals surface area contributed by atoms with Crippen LogP contribution >= 0.6 is 0 Å². The van der Waals surface area contributed by atoms with Gasteiger partial charge in [-0.2, -0.15) is 0 Å². The first-order valence-electron chi connectivity index (χ1n) is 8.96. The molecule has 0 bridgehead atoms. The third-order valence-electron chi connectivity index (χ3n) is 4.32. The van der Waals surface area contributed by atoms with Gasteiger partial charge in [0, 0.05) is 19.0 Å². The summed E-state index contributed by atoms with van der Waals surface area (Å²) in [4.78, 5) is 12.1. The molecule has 2 heterocycles. The van der Waals surface area contributed by atoms with E-state index in [0.29, 0.717) is 31.1 Å². The number of rotatable bonds is 8. The van der Waals surface area contributed by atoms with Crippen molar-refractivity contribution < 1.29 is 27.1 Å². The number of amides is 1. The van der Waals surface area contributed by atoms with Crippen LogP contribution < -0.4 is 14.8 Å². The van der Waals surface area contributed by atoms with Crippen LogP contribution in [-0.4, -0.2) is 34.1 Å². The number of benzene rings is 1. The minimum Gasteiger partial charge on any atom is -0.486 e. The Morgan fingerprint density at radius 1 is 1.19 bits per heavy atom. The SMILES string of the molecule is CCCCC(=O)NC[C@@H](c1ccco1)S(=O)(=O)c1ccc2c(c1)OCCO2. The molecule has 1 aliphatic rings. The van der Waals surface area contributed by atoms with Crippen molar-refractivity contribution in [2.45, 2.75) is 36.3 Å². The van der Waals surface area contributed by atoms with Gasteiger partial charge in [0.2, 0.25) is 5.91 Å². The molecule has 146 valence electrons. The molecule has 1 atom stereocenters. The van der Waals surface area contributed by atoms with Gasteiger partial charge in [0.25, 0.3) is 0 Å². The fourth-order valence-electron chi connectivity index (χ4n) is 2.83. The highest BCUT2D eigenvalue weighted by Crippen LogP contribution is 2.36. The molecular weight excluding hydrogens is 370 g/mol. The number of furan rings is 1. The molecule has 8 heteroatoms. The van der Waals surface area contributed by atoms with Crippen molar-refractivity contribution in [1.82, 2.24) is 5.32 Å². The number of hydrogen-bond donors (Lipinski definition) is 1. The summed E-state index contributed by atoms with van der Waals surface area (Å²) in [6, 6.07) is 7.75. The van der Waals surface area contributed by atoms with E-state index in [-0.39, 0.29) is 23.1 Å². The zero-order valence-corrected chi connectivity index (χ0v) is 16.0. The van der Waals surface area contributed by atoms with Crippen LogP contribution in [0.1, 0.15) is 37.2 Å². The third-order valence-corrected chi connectivity index (χ3v) is 6.38. The predicted octanol–water partition coefficient (Wildman–Crippen LogP) is 2.87. The maximum absolute atomic E-state index is 13.2. The summed E-state index contributed by atoms with van der Waals surface area (Å²) < 4.78 is 42.7. The van der Waals surface area contributed by atoms with E-state index in [0.717, 1.165) is 12.8 Å². The monoisotopic (exact) mass is 393 g/mol. The first-order chi connectivity index (χ1) is 13.0. The van der Waals surface area contributed by atoms with Gasteiger partial charge in [0.15, 0.2) is 21.3 Å². The number of carbonyl (C=O) groups is 1. The zero-order valence-electron chi connectivity index (χ0n) is 15.1. The van der Waals surface area contributed by atoms with E-state index in [9.17, 15) is 13.2 Å². The molecule has 1 N–H and O–H groups in total. The van der Waals surface area contributed by atoms with Gasteiger partial charge < -0.3 is 19.2 Å². The molecule has 1 aromatic carbocycles. The summed E-state index contributed by atoms with van der Waals surface area (Å²) in [5.41, 5.74) is 0. The maximum atomic E-state index is 13.2. The van der Waals surface area contributed by atoms with Crippen LogP contribution in [-0.2, 0) is 14.6 Å². The van der Waals surface area contributed by atoms with Crippen molar-refractivity contribution in [1.29, 1.82) is 0 Å². The first kappa shape index (κ1) is 19.3. The van der Waals surface area contributed by atoms with E-state index < -0.39 is 15.1 Å². The molecule has 1 aromatic heterocycles. The van der Waals surface area contributed by atoms with Crippen LogP contribution in [0.15, 0.2) is 45.9 Å². The Morgan fingerprint density at radius 3 is 2.67 bits per heavy atom. The lowest BCUT2D eigenvalue weighted by Gasteiger charge is -2.21. The standard InChI is InChI=1S/C19H23NO6S/c1-2-3-6-19(21)20-13-18(16-5-4-9-24-16)27(22,23)14-7-8-15-17(12-14)26-11-10-25-15/h4-5,7-9,12,18H,2-3,6,10-11,13H2,1H3,(H,20,21)/t18-/m0/s1. The second-order valence-corrected chi connectivity index (χ2v) is 8.39. The van der Waals surface area contributed by atoms with Gasteiger partial charge in [0.1, 0.15) is 24.2 Å². The highest BCUT2D eigenvalue weighted by molar-refractivity contribution is 7.91. The van der Waals surface area contributed by atoms with Crippen molar-refractivity contribution in [2.75, 3.05) is 19.8 Å². The van der Waals surface area contributed by atoms with E-state index in [2.05, 4.69) is 5.32 Å². The largest absolute Gasteiger partial charge is 0.486 e. The molecule has 0 aliphatic carbocycles. The number of fused-ring (bicyclic) bond motifs is 1. The van der Waals surface area contributed by atoms with Crippen LogP contribution in [0, 0.1) is 0 Å². The van der Waals surface area contributed by atoms with Crippen molar-refractivity contribution in [3.05, 3.63) is 42.4 Å². The molecule has 1 aliphatic heterocycles. The summed E-state index contributed by atoms with van der Waals surface area (Å²) in [5, 5.41) is 1.68. The fraction of sp³-hybridized carbons (Fsp3) is 0.421. The number of sulfone groups is 1. The third kappa shape index (κ3) is 4.44. The second kappa shape index (κ2) is 8.47. The number of hydrogen-bond acceptors (Lipinski definition) is 6. The van der Waals surface area contributed by atoms with Crippen LogP contribution in [0.2, 0.25) is 0 Å².